The summed E-state index contributed by atoms with van der Waals surface area (Å²) in [7, 11) is 0. The summed E-state index contributed by atoms with van der Waals surface area (Å²) in [5.41, 5.74) is 4.06. The lowest BCUT2D eigenvalue weighted by atomic mass is 10.0. The summed E-state index contributed by atoms with van der Waals surface area (Å²) in [6, 6.07) is 6.93. The Morgan fingerprint density at radius 2 is 2.00 bits per heavy atom. The second kappa shape index (κ2) is 6.80. The van der Waals surface area contributed by atoms with Crippen molar-refractivity contribution in [2.75, 3.05) is 11.5 Å². The molecular weight excluding hydrogens is 267 g/mol. The van der Waals surface area contributed by atoms with Crippen LogP contribution in [0.5, 0.6) is 0 Å². The molecule has 0 amide bonds. The average Bonchev–Trinajstić information content (AvgIpc) is 2.39. The van der Waals surface area contributed by atoms with Crippen LogP contribution in [0.2, 0.25) is 0 Å². The van der Waals surface area contributed by atoms with Gasteiger partial charge in [0.2, 0.25) is 0 Å². The highest BCUT2D eigenvalue weighted by Gasteiger charge is 2.29. The highest BCUT2D eigenvalue weighted by Crippen LogP contribution is 2.33. The lowest BCUT2D eigenvalue weighted by Gasteiger charge is -2.34. The lowest BCUT2D eigenvalue weighted by Crippen LogP contribution is -2.48. The van der Waals surface area contributed by atoms with Crippen LogP contribution in [-0.4, -0.2) is 28.0 Å². The Hall–Kier alpha value is -0.230. The molecule has 1 aromatic rings. The maximum Gasteiger partial charge on any atom is 0.123 e. The van der Waals surface area contributed by atoms with Crippen LogP contribution in [0.15, 0.2) is 24.3 Å². The van der Waals surface area contributed by atoms with Gasteiger partial charge >= 0.3 is 0 Å². The first-order valence-electron chi connectivity index (χ1n) is 6.14. The van der Waals surface area contributed by atoms with E-state index in [4.69, 9.17) is 5.84 Å². The average molecular weight is 286 g/mol. The van der Waals surface area contributed by atoms with Crippen LogP contribution < -0.4 is 11.3 Å². The van der Waals surface area contributed by atoms with Crippen molar-refractivity contribution in [3.63, 3.8) is 0 Å². The van der Waals surface area contributed by atoms with Gasteiger partial charge in [-0.05, 0) is 24.1 Å². The number of hydrogen-bond acceptors (Lipinski definition) is 4. The van der Waals surface area contributed by atoms with Gasteiger partial charge in [-0.2, -0.15) is 23.5 Å². The zero-order valence-corrected chi connectivity index (χ0v) is 12.1. The minimum absolute atomic E-state index is 0.188. The van der Waals surface area contributed by atoms with E-state index in [1.807, 2.05) is 35.7 Å². The number of rotatable bonds is 4. The Kier molecular flexibility index (Phi) is 5.36. The number of halogens is 1. The maximum atomic E-state index is 12.9. The van der Waals surface area contributed by atoms with Crippen LogP contribution in [0.25, 0.3) is 0 Å². The summed E-state index contributed by atoms with van der Waals surface area (Å²) >= 11 is 4.00. The van der Waals surface area contributed by atoms with E-state index in [1.165, 1.54) is 23.6 Å². The fraction of sp³-hybridized carbons (Fsp3) is 0.538. The van der Waals surface area contributed by atoms with Gasteiger partial charge in [0.1, 0.15) is 5.82 Å². The van der Waals surface area contributed by atoms with E-state index in [0.29, 0.717) is 10.5 Å². The fourth-order valence-corrected chi connectivity index (χ4v) is 5.18. The Labute approximate surface area is 116 Å². The van der Waals surface area contributed by atoms with E-state index >= 15 is 0 Å². The van der Waals surface area contributed by atoms with Crippen LogP contribution in [0.1, 0.15) is 12.5 Å². The lowest BCUT2D eigenvalue weighted by molar-refractivity contribution is 0.501. The molecule has 1 aliphatic rings. The van der Waals surface area contributed by atoms with E-state index in [0.717, 1.165) is 12.0 Å². The normalized spacial score (nSPS) is 25.9. The molecule has 1 saturated heterocycles. The second-order valence-electron chi connectivity index (χ2n) is 4.52. The highest BCUT2D eigenvalue weighted by molar-refractivity contribution is 8.07. The standard InChI is InChI=1S/C13H19FN2S2/c1-9-13(18-7-6-17-9)12(16-15)8-10-2-4-11(14)5-3-10/h2-5,9,12-13,16H,6-8,15H2,1H3. The smallest absolute Gasteiger partial charge is 0.123 e. The van der Waals surface area contributed by atoms with Gasteiger partial charge in [-0.3, -0.25) is 11.3 Å². The molecule has 1 fully saturated rings. The van der Waals surface area contributed by atoms with Gasteiger partial charge in [0.05, 0.1) is 0 Å². The molecule has 2 nitrogen and oxygen atoms in total. The predicted octanol–water partition coefficient (Wildman–Crippen LogP) is 2.44. The SMILES string of the molecule is CC1SCCSC1C(Cc1ccc(F)cc1)NN. The Morgan fingerprint density at radius 3 is 2.61 bits per heavy atom. The third-order valence-corrected chi connectivity index (χ3v) is 6.47. The van der Waals surface area contributed by atoms with E-state index in [9.17, 15) is 4.39 Å². The van der Waals surface area contributed by atoms with E-state index in [2.05, 4.69) is 12.3 Å². The monoisotopic (exact) mass is 286 g/mol. The van der Waals surface area contributed by atoms with E-state index in [-0.39, 0.29) is 11.9 Å². The zero-order valence-electron chi connectivity index (χ0n) is 10.4. The molecule has 0 aromatic heterocycles. The van der Waals surface area contributed by atoms with Gasteiger partial charge in [-0.1, -0.05) is 19.1 Å². The van der Waals surface area contributed by atoms with Crippen molar-refractivity contribution < 1.29 is 4.39 Å². The third kappa shape index (κ3) is 3.63. The molecule has 18 heavy (non-hydrogen) atoms. The largest absolute Gasteiger partial charge is 0.271 e. The first kappa shape index (κ1) is 14.2. The summed E-state index contributed by atoms with van der Waals surface area (Å²) in [6.07, 6.45) is 0.847. The van der Waals surface area contributed by atoms with Crippen LogP contribution in [0.4, 0.5) is 4.39 Å². The van der Waals surface area contributed by atoms with Crippen molar-refractivity contribution in [3.8, 4) is 0 Å². The Bertz CT molecular complexity index is 372. The Morgan fingerprint density at radius 1 is 1.33 bits per heavy atom. The summed E-state index contributed by atoms with van der Waals surface area (Å²) in [4.78, 5) is 0. The minimum atomic E-state index is -0.188. The van der Waals surface area contributed by atoms with E-state index < -0.39 is 0 Å². The molecule has 1 aliphatic heterocycles. The maximum absolute atomic E-state index is 12.9. The van der Waals surface area contributed by atoms with Crippen LogP contribution in [0, 0.1) is 5.82 Å². The number of benzene rings is 1. The number of hydrazine groups is 1. The fourth-order valence-electron chi connectivity index (χ4n) is 2.24. The molecular formula is C13H19FN2S2. The van der Waals surface area contributed by atoms with Crippen molar-refractivity contribution in [3.05, 3.63) is 35.6 Å². The Balaban J connectivity index is 2.02. The molecule has 2 rings (SSSR count). The van der Waals surface area contributed by atoms with Gasteiger partial charge in [-0.15, -0.1) is 0 Å². The molecule has 3 atom stereocenters. The quantitative estimate of drug-likeness (QED) is 0.658. The molecule has 1 heterocycles. The van der Waals surface area contributed by atoms with Gasteiger partial charge < -0.3 is 0 Å². The number of nitrogens with two attached hydrogens (primary N) is 1. The molecule has 3 unspecified atom stereocenters. The van der Waals surface area contributed by atoms with Crippen LogP contribution in [-0.2, 0) is 6.42 Å². The van der Waals surface area contributed by atoms with Crippen molar-refractivity contribution in [2.24, 2.45) is 5.84 Å². The van der Waals surface area contributed by atoms with Crippen molar-refractivity contribution >= 4 is 23.5 Å². The summed E-state index contributed by atoms with van der Waals surface area (Å²) in [5, 5.41) is 1.11. The van der Waals surface area contributed by atoms with Crippen molar-refractivity contribution in [1.29, 1.82) is 0 Å². The zero-order chi connectivity index (χ0) is 13.0. The molecule has 0 radical (unpaired) electrons. The van der Waals surface area contributed by atoms with Crippen LogP contribution >= 0.6 is 23.5 Å². The topological polar surface area (TPSA) is 38.0 Å². The van der Waals surface area contributed by atoms with Gasteiger partial charge in [0.15, 0.2) is 0 Å². The van der Waals surface area contributed by atoms with Gasteiger partial charge in [0, 0.05) is 28.0 Å². The minimum Gasteiger partial charge on any atom is -0.271 e. The summed E-state index contributed by atoms with van der Waals surface area (Å²) in [5.74, 6) is 7.91. The molecule has 1 aromatic carbocycles. The molecule has 3 N–H and O–H groups in total. The number of hydrogen-bond donors (Lipinski definition) is 2. The molecule has 5 heteroatoms. The first-order chi connectivity index (χ1) is 8.70. The second-order valence-corrected chi connectivity index (χ2v) is 7.29. The van der Waals surface area contributed by atoms with Crippen molar-refractivity contribution in [2.45, 2.75) is 29.9 Å². The van der Waals surface area contributed by atoms with Crippen molar-refractivity contribution in [1.82, 2.24) is 5.43 Å². The third-order valence-electron chi connectivity index (χ3n) is 3.22. The summed E-state index contributed by atoms with van der Waals surface area (Å²) in [6.45, 7) is 2.26. The predicted molar refractivity (Wildman–Crippen MR) is 79.4 cm³/mol. The highest BCUT2D eigenvalue weighted by atomic mass is 32.2. The molecule has 0 bridgehead atoms. The number of nitrogens with one attached hydrogen (secondary N) is 1. The molecule has 0 saturated carbocycles. The van der Waals surface area contributed by atoms with Crippen LogP contribution in [0.3, 0.4) is 0 Å². The number of thioether (sulfide) groups is 2. The molecule has 100 valence electrons. The van der Waals surface area contributed by atoms with Gasteiger partial charge in [-0.25, -0.2) is 4.39 Å². The molecule has 0 spiro atoms. The van der Waals surface area contributed by atoms with E-state index in [1.54, 1.807) is 0 Å². The first-order valence-corrected chi connectivity index (χ1v) is 8.24. The summed E-state index contributed by atoms with van der Waals surface area (Å²) < 4.78 is 12.9. The molecule has 0 aliphatic carbocycles. The van der Waals surface area contributed by atoms with Gasteiger partial charge in [0.25, 0.3) is 0 Å².